The summed E-state index contributed by atoms with van der Waals surface area (Å²) in [6, 6.07) is 21.2. The molecule has 0 aliphatic rings. The number of hydrogen-bond donors (Lipinski definition) is 3. The molecule has 3 rings (SSSR count). The van der Waals surface area contributed by atoms with Gasteiger partial charge >= 0.3 is 0 Å². The number of carbonyl (C=O) groups excluding carboxylic acids is 3. The first-order valence-corrected chi connectivity index (χ1v) is 10.8. The van der Waals surface area contributed by atoms with Crippen molar-refractivity contribution >= 4 is 46.0 Å². The van der Waals surface area contributed by atoms with Gasteiger partial charge in [-0.3, -0.25) is 14.4 Å². The highest BCUT2D eigenvalue weighted by atomic mass is 127. The van der Waals surface area contributed by atoms with Crippen molar-refractivity contribution < 1.29 is 14.4 Å². The summed E-state index contributed by atoms with van der Waals surface area (Å²) in [5.74, 6) is -0.639. The lowest BCUT2D eigenvalue weighted by molar-refractivity contribution is 0.0927. The predicted octanol–water partition coefficient (Wildman–Crippen LogP) is 4.01. The van der Waals surface area contributed by atoms with Gasteiger partial charge in [-0.1, -0.05) is 17.7 Å². The molecule has 6 nitrogen and oxygen atoms in total. The van der Waals surface area contributed by atoms with Crippen LogP contribution in [0.3, 0.4) is 0 Å². The Balaban J connectivity index is 1.44. The Morgan fingerprint density at radius 3 is 1.58 bits per heavy atom. The van der Waals surface area contributed by atoms with Crippen LogP contribution in [0, 0.1) is 10.5 Å². The van der Waals surface area contributed by atoms with Gasteiger partial charge in [-0.25, -0.2) is 0 Å². The molecule has 0 saturated carbocycles. The van der Waals surface area contributed by atoms with Crippen LogP contribution in [0.1, 0.15) is 36.6 Å². The smallest absolute Gasteiger partial charge is 0.255 e. The normalized spacial score (nSPS) is 10.3. The van der Waals surface area contributed by atoms with Crippen LogP contribution in [0.25, 0.3) is 0 Å². The van der Waals surface area contributed by atoms with Crippen molar-refractivity contribution in [2.24, 2.45) is 0 Å². The van der Waals surface area contributed by atoms with E-state index >= 15 is 0 Å². The second-order valence-electron chi connectivity index (χ2n) is 6.92. The van der Waals surface area contributed by atoms with Gasteiger partial charge in [0.15, 0.2) is 0 Å². The van der Waals surface area contributed by atoms with Crippen LogP contribution < -0.4 is 16.0 Å². The average molecular weight is 527 g/mol. The van der Waals surface area contributed by atoms with Crippen molar-refractivity contribution in [3.8, 4) is 0 Å². The van der Waals surface area contributed by atoms with Gasteiger partial charge in [0.1, 0.15) is 0 Å². The van der Waals surface area contributed by atoms with E-state index in [0.717, 1.165) is 9.13 Å². The van der Waals surface area contributed by atoms with Crippen molar-refractivity contribution in [1.82, 2.24) is 10.6 Å². The third-order valence-electron chi connectivity index (χ3n) is 4.52. The van der Waals surface area contributed by atoms with E-state index in [1.807, 2.05) is 31.2 Å². The maximum atomic E-state index is 12.3. The number of hydrogen-bond acceptors (Lipinski definition) is 3. The number of anilines is 1. The summed E-state index contributed by atoms with van der Waals surface area (Å²) in [6.07, 6.45) is 0. The minimum atomic E-state index is -0.250. The number of aryl methyl sites for hydroxylation is 1. The van der Waals surface area contributed by atoms with E-state index in [1.165, 1.54) is 0 Å². The summed E-state index contributed by atoms with van der Waals surface area (Å²) in [7, 11) is 0. The molecule has 0 radical (unpaired) electrons. The number of carbonyl (C=O) groups is 3. The maximum absolute atomic E-state index is 12.3. The zero-order chi connectivity index (χ0) is 22.2. The first kappa shape index (κ1) is 22.5. The molecule has 0 heterocycles. The lowest BCUT2D eigenvalue weighted by Crippen LogP contribution is -2.34. The summed E-state index contributed by atoms with van der Waals surface area (Å²) < 4.78 is 1.06. The monoisotopic (exact) mass is 527 g/mol. The second kappa shape index (κ2) is 10.7. The van der Waals surface area contributed by atoms with E-state index in [0.29, 0.717) is 35.5 Å². The molecule has 0 saturated heterocycles. The molecule has 3 aromatic rings. The lowest BCUT2D eigenvalue weighted by Gasteiger charge is -2.09. The highest BCUT2D eigenvalue weighted by Crippen LogP contribution is 2.12. The van der Waals surface area contributed by atoms with Gasteiger partial charge in [-0.2, -0.15) is 0 Å². The Morgan fingerprint density at radius 2 is 1.06 bits per heavy atom. The van der Waals surface area contributed by atoms with Crippen LogP contribution in [-0.4, -0.2) is 30.8 Å². The quantitative estimate of drug-likeness (QED) is 0.321. The minimum Gasteiger partial charge on any atom is -0.350 e. The van der Waals surface area contributed by atoms with Crippen LogP contribution in [0.2, 0.25) is 0 Å². The van der Waals surface area contributed by atoms with Crippen molar-refractivity contribution in [3.05, 3.63) is 98.6 Å². The van der Waals surface area contributed by atoms with Gasteiger partial charge < -0.3 is 16.0 Å². The lowest BCUT2D eigenvalue weighted by atomic mass is 10.1. The molecule has 0 unspecified atom stereocenters. The summed E-state index contributed by atoms with van der Waals surface area (Å²) in [5.41, 5.74) is 3.31. The molecule has 0 aliphatic carbocycles. The van der Waals surface area contributed by atoms with Gasteiger partial charge in [-0.15, -0.1) is 0 Å². The Labute approximate surface area is 194 Å². The van der Waals surface area contributed by atoms with Gasteiger partial charge in [-0.05, 0) is 90.2 Å². The predicted molar refractivity (Wildman–Crippen MR) is 129 cm³/mol. The molecule has 0 spiro atoms. The van der Waals surface area contributed by atoms with Crippen LogP contribution in [0.15, 0.2) is 72.8 Å². The molecular formula is C24H22IN3O3. The SMILES string of the molecule is Cc1ccc(C(=O)Nc2ccc(C(=O)NCCNC(=O)c3ccc(I)cc3)cc2)cc1. The number of nitrogens with one attached hydrogen (secondary N) is 3. The molecule has 3 amide bonds. The summed E-state index contributed by atoms with van der Waals surface area (Å²) >= 11 is 2.18. The van der Waals surface area contributed by atoms with E-state index in [4.69, 9.17) is 0 Å². The van der Waals surface area contributed by atoms with Gasteiger partial charge in [0.2, 0.25) is 0 Å². The second-order valence-corrected chi connectivity index (χ2v) is 8.16. The van der Waals surface area contributed by atoms with Crippen LogP contribution in [0.5, 0.6) is 0 Å². The fourth-order valence-corrected chi connectivity index (χ4v) is 3.13. The van der Waals surface area contributed by atoms with Gasteiger partial charge in [0.25, 0.3) is 17.7 Å². The summed E-state index contributed by atoms with van der Waals surface area (Å²) in [4.78, 5) is 36.6. The van der Waals surface area contributed by atoms with Crippen molar-refractivity contribution in [2.45, 2.75) is 6.92 Å². The molecule has 7 heteroatoms. The first-order valence-electron chi connectivity index (χ1n) is 9.72. The maximum Gasteiger partial charge on any atom is 0.255 e. The molecule has 0 aromatic heterocycles. The van der Waals surface area contributed by atoms with E-state index in [9.17, 15) is 14.4 Å². The Bertz CT molecular complexity index is 1060. The van der Waals surface area contributed by atoms with Crippen molar-refractivity contribution in [1.29, 1.82) is 0 Å². The number of halogens is 1. The molecular weight excluding hydrogens is 505 g/mol. The van der Waals surface area contributed by atoms with Crippen LogP contribution in [0.4, 0.5) is 5.69 Å². The number of amides is 3. The van der Waals surface area contributed by atoms with Gasteiger partial charge in [0.05, 0.1) is 0 Å². The molecule has 0 aliphatic heterocycles. The molecule has 31 heavy (non-hydrogen) atoms. The summed E-state index contributed by atoms with van der Waals surface area (Å²) in [6.45, 7) is 2.59. The minimum absolute atomic E-state index is 0.181. The van der Waals surface area contributed by atoms with E-state index in [-0.39, 0.29) is 17.7 Å². The Kier molecular flexibility index (Phi) is 7.77. The molecule has 3 N–H and O–H groups in total. The number of benzene rings is 3. The molecule has 0 bridgehead atoms. The fourth-order valence-electron chi connectivity index (χ4n) is 2.77. The third-order valence-corrected chi connectivity index (χ3v) is 5.24. The largest absolute Gasteiger partial charge is 0.350 e. The van der Waals surface area contributed by atoms with E-state index in [1.54, 1.807) is 48.5 Å². The third kappa shape index (κ3) is 6.65. The topological polar surface area (TPSA) is 87.3 Å². The van der Waals surface area contributed by atoms with E-state index in [2.05, 4.69) is 38.5 Å². The van der Waals surface area contributed by atoms with Crippen LogP contribution in [-0.2, 0) is 0 Å². The highest BCUT2D eigenvalue weighted by Gasteiger charge is 2.09. The van der Waals surface area contributed by atoms with Crippen molar-refractivity contribution in [3.63, 3.8) is 0 Å². The fraction of sp³-hybridized carbons (Fsp3) is 0.125. The average Bonchev–Trinajstić information content (AvgIpc) is 2.78. The van der Waals surface area contributed by atoms with Crippen LogP contribution >= 0.6 is 22.6 Å². The molecule has 0 atom stereocenters. The zero-order valence-corrected chi connectivity index (χ0v) is 19.1. The zero-order valence-electron chi connectivity index (χ0n) is 16.9. The number of rotatable bonds is 7. The Hall–Kier alpha value is -3.20. The highest BCUT2D eigenvalue weighted by molar-refractivity contribution is 14.1. The molecule has 3 aromatic carbocycles. The Morgan fingerprint density at radius 1 is 0.645 bits per heavy atom. The molecule has 158 valence electrons. The van der Waals surface area contributed by atoms with E-state index < -0.39 is 0 Å². The summed E-state index contributed by atoms with van der Waals surface area (Å²) in [5, 5.41) is 8.34. The van der Waals surface area contributed by atoms with Gasteiger partial charge in [0, 0.05) is 39.0 Å². The molecule has 0 fully saturated rings. The standard InChI is InChI=1S/C24H22IN3O3/c1-16-2-4-19(5-3-16)24(31)28-21-12-8-18(9-13-21)23(30)27-15-14-26-22(29)17-6-10-20(25)11-7-17/h2-13H,14-15H2,1H3,(H,26,29)(H,27,30)(H,28,31). The first-order chi connectivity index (χ1) is 14.9. The van der Waals surface area contributed by atoms with Crippen molar-refractivity contribution in [2.75, 3.05) is 18.4 Å².